The highest BCUT2D eigenvalue weighted by molar-refractivity contribution is 5.81. The van der Waals surface area contributed by atoms with Crippen molar-refractivity contribution >= 4 is 12.1 Å². The van der Waals surface area contributed by atoms with Crippen LogP contribution in [0.4, 0.5) is 0 Å². The number of hydrazone groups is 1. The molecule has 0 radical (unpaired) electrons. The van der Waals surface area contributed by atoms with Crippen LogP contribution < -0.4 is 5.43 Å². The van der Waals surface area contributed by atoms with Crippen LogP contribution in [-0.2, 0) is 4.79 Å². The molecule has 1 rings (SSSR count). The van der Waals surface area contributed by atoms with Crippen molar-refractivity contribution in [1.82, 2.24) is 10.4 Å². The number of pyridine rings is 1. The molecule has 68 valence electrons. The summed E-state index contributed by atoms with van der Waals surface area (Å²) in [6, 6.07) is 3.61. The number of carbonyl (C=O) groups is 1. The largest absolute Gasteiger partial charge is 0.273 e. The maximum atomic E-state index is 10.8. The Bertz CT molecular complexity index is 295. The van der Waals surface area contributed by atoms with Gasteiger partial charge in [0, 0.05) is 18.8 Å². The fourth-order valence-corrected chi connectivity index (χ4v) is 0.707. The monoisotopic (exact) mass is 177 g/mol. The Morgan fingerprint density at radius 2 is 2.31 bits per heavy atom. The van der Waals surface area contributed by atoms with Crippen molar-refractivity contribution in [3.05, 3.63) is 30.1 Å². The van der Waals surface area contributed by atoms with Gasteiger partial charge in [-0.1, -0.05) is 6.92 Å². The first kappa shape index (κ1) is 9.38. The molecule has 0 saturated carbocycles. The van der Waals surface area contributed by atoms with Gasteiger partial charge in [-0.25, -0.2) is 5.43 Å². The van der Waals surface area contributed by atoms with Gasteiger partial charge in [-0.2, -0.15) is 5.10 Å². The first-order chi connectivity index (χ1) is 6.33. The second-order valence-corrected chi connectivity index (χ2v) is 2.43. The Hall–Kier alpha value is -1.71. The van der Waals surface area contributed by atoms with Crippen LogP contribution in [0.2, 0.25) is 0 Å². The van der Waals surface area contributed by atoms with Gasteiger partial charge in [0.25, 0.3) is 0 Å². The summed E-state index contributed by atoms with van der Waals surface area (Å²) in [7, 11) is 0. The van der Waals surface area contributed by atoms with Crippen molar-refractivity contribution in [2.45, 2.75) is 13.3 Å². The van der Waals surface area contributed by atoms with Gasteiger partial charge in [0.2, 0.25) is 5.91 Å². The summed E-state index contributed by atoms with van der Waals surface area (Å²) in [4.78, 5) is 14.6. The third-order valence-corrected chi connectivity index (χ3v) is 1.43. The standard InChI is InChI=1S/C9H11N3O/c1-2-9(13)12-11-7-8-3-5-10-6-4-8/h3-7H,2H2,1H3,(H,12,13)/b11-7+. The van der Waals surface area contributed by atoms with Crippen molar-refractivity contribution in [2.24, 2.45) is 5.10 Å². The van der Waals surface area contributed by atoms with Crippen LogP contribution in [-0.4, -0.2) is 17.1 Å². The number of carbonyl (C=O) groups excluding carboxylic acids is 1. The summed E-state index contributed by atoms with van der Waals surface area (Å²) in [5.41, 5.74) is 3.30. The molecule has 1 aromatic rings. The summed E-state index contributed by atoms with van der Waals surface area (Å²) < 4.78 is 0. The molecule has 0 spiro atoms. The van der Waals surface area contributed by atoms with Crippen molar-refractivity contribution in [1.29, 1.82) is 0 Å². The van der Waals surface area contributed by atoms with Crippen molar-refractivity contribution in [2.75, 3.05) is 0 Å². The summed E-state index contributed by atoms with van der Waals surface area (Å²) in [5.74, 6) is -0.0923. The number of aromatic nitrogens is 1. The predicted octanol–water partition coefficient (Wildman–Crippen LogP) is 0.942. The van der Waals surface area contributed by atoms with Gasteiger partial charge in [0.05, 0.1) is 6.21 Å². The van der Waals surface area contributed by atoms with E-state index < -0.39 is 0 Å². The molecule has 0 aliphatic carbocycles. The smallest absolute Gasteiger partial charge is 0.239 e. The Kier molecular flexibility index (Phi) is 3.63. The topological polar surface area (TPSA) is 54.4 Å². The van der Waals surface area contributed by atoms with E-state index in [2.05, 4.69) is 15.5 Å². The maximum Gasteiger partial charge on any atom is 0.239 e. The van der Waals surface area contributed by atoms with E-state index in [9.17, 15) is 4.79 Å². The molecule has 0 aliphatic rings. The molecule has 0 unspecified atom stereocenters. The zero-order chi connectivity index (χ0) is 9.52. The molecule has 4 nitrogen and oxygen atoms in total. The lowest BCUT2D eigenvalue weighted by atomic mass is 10.3. The quantitative estimate of drug-likeness (QED) is 0.552. The van der Waals surface area contributed by atoms with Gasteiger partial charge < -0.3 is 0 Å². The highest BCUT2D eigenvalue weighted by atomic mass is 16.2. The Morgan fingerprint density at radius 1 is 1.62 bits per heavy atom. The first-order valence-electron chi connectivity index (χ1n) is 4.05. The van der Waals surface area contributed by atoms with Gasteiger partial charge in [-0.3, -0.25) is 9.78 Å². The van der Waals surface area contributed by atoms with Gasteiger partial charge in [-0.05, 0) is 17.7 Å². The number of nitrogens with one attached hydrogen (secondary N) is 1. The molecular weight excluding hydrogens is 166 g/mol. The lowest BCUT2D eigenvalue weighted by Gasteiger charge is -1.93. The molecule has 1 heterocycles. The number of rotatable bonds is 3. The summed E-state index contributed by atoms with van der Waals surface area (Å²) in [6.45, 7) is 1.78. The van der Waals surface area contributed by atoms with Crippen LogP contribution in [0.15, 0.2) is 29.6 Å². The fraction of sp³-hybridized carbons (Fsp3) is 0.222. The van der Waals surface area contributed by atoms with Gasteiger partial charge in [0.15, 0.2) is 0 Å². The van der Waals surface area contributed by atoms with E-state index in [-0.39, 0.29) is 5.91 Å². The van der Waals surface area contributed by atoms with Crippen LogP contribution in [0, 0.1) is 0 Å². The van der Waals surface area contributed by atoms with Crippen molar-refractivity contribution in [3.63, 3.8) is 0 Å². The highest BCUT2D eigenvalue weighted by Gasteiger charge is 1.90. The second kappa shape index (κ2) is 5.03. The number of nitrogens with zero attached hydrogens (tertiary/aromatic N) is 2. The van der Waals surface area contributed by atoms with Gasteiger partial charge >= 0.3 is 0 Å². The molecule has 0 fully saturated rings. The first-order valence-corrected chi connectivity index (χ1v) is 4.05. The number of hydrogen-bond donors (Lipinski definition) is 1. The Balaban J connectivity index is 2.45. The third kappa shape index (κ3) is 3.46. The molecule has 0 atom stereocenters. The van der Waals surface area contributed by atoms with Crippen LogP contribution in [0.25, 0.3) is 0 Å². The molecule has 1 amide bonds. The highest BCUT2D eigenvalue weighted by Crippen LogP contribution is 1.90. The van der Waals surface area contributed by atoms with E-state index in [1.165, 1.54) is 0 Å². The molecule has 13 heavy (non-hydrogen) atoms. The average molecular weight is 177 g/mol. The average Bonchev–Trinajstić information content (AvgIpc) is 2.19. The molecule has 0 bridgehead atoms. The minimum absolute atomic E-state index is 0.0923. The molecule has 0 aromatic carbocycles. The molecule has 1 aromatic heterocycles. The molecule has 1 N–H and O–H groups in total. The van der Waals surface area contributed by atoms with E-state index >= 15 is 0 Å². The molecule has 0 saturated heterocycles. The lowest BCUT2D eigenvalue weighted by molar-refractivity contribution is -0.120. The SMILES string of the molecule is CCC(=O)N/N=C/c1ccncc1. The summed E-state index contributed by atoms with van der Waals surface area (Å²) >= 11 is 0. The van der Waals surface area contributed by atoms with E-state index in [0.29, 0.717) is 6.42 Å². The summed E-state index contributed by atoms with van der Waals surface area (Å²) in [6.07, 6.45) is 5.36. The predicted molar refractivity (Wildman–Crippen MR) is 50.3 cm³/mol. The minimum Gasteiger partial charge on any atom is -0.273 e. The van der Waals surface area contributed by atoms with Crippen LogP contribution >= 0.6 is 0 Å². The van der Waals surface area contributed by atoms with E-state index in [0.717, 1.165) is 5.56 Å². The normalized spacial score (nSPS) is 10.2. The second-order valence-electron chi connectivity index (χ2n) is 2.43. The molecular formula is C9H11N3O. The van der Waals surface area contributed by atoms with Crippen LogP contribution in [0.5, 0.6) is 0 Å². The Morgan fingerprint density at radius 3 is 2.92 bits per heavy atom. The minimum atomic E-state index is -0.0923. The zero-order valence-electron chi connectivity index (χ0n) is 7.40. The lowest BCUT2D eigenvalue weighted by Crippen LogP contribution is -2.15. The van der Waals surface area contributed by atoms with Crippen molar-refractivity contribution < 1.29 is 4.79 Å². The van der Waals surface area contributed by atoms with Crippen molar-refractivity contribution in [3.8, 4) is 0 Å². The molecule has 4 heteroatoms. The number of hydrogen-bond acceptors (Lipinski definition) is 3. The Labute approximate surface area is 76.7 Å². The van der Waals surface area contributed by atoms with E-state index in [1.54, 1.807) is 25.5 Å². The molecule has 0 aliphatic heterocycles. The fourth-order valence-electron chi connectivity index (χ4n) is 0.707. The van der Waals surface area contributed by atoms with Gasteiger partial charge in [0.1, 0.15) is 0 Å². The third-order valence-electron chi connectivity index (χ3n) is 1.43. The van der Waals surface area contributed by atoms with E-state index in [1.807, 2.05) is 12.1 Å². The van der Waals surface area contributed by atoms with E-state index in [4.69, 9.17) is 0 Å². The number of amides is 1. The van der Waals surface area contributed by atoms with Crippen LogP contribution in [0.3, 0.4) is 0 Å². The maximum absolute atomic E-state index is 10.8. The van der Waals surface area contributed by atoms with Gasteiger partial charge in [-0.15, -0.1) is 0 Å². The zero-order valence-corrected chi connectivity index (χ0v) is 7.40. The summed E-state index contributed by atoms with van der Waals surface area (Å²) in [5, 5.41) is 3.76. The van der Waals surface area contributed by atoms with Crippen LogP contribution in [0.1, 0.15) is 18.9 Å².